The molecule has 0 unspecified atom stereocenters. The lowest BCUT2D eigenvalue weighted by Gasteiger charge is -2.16. The topological polar surface area (TPSA) is 66.5 Å². The summed E-state index contributed by atoms with van der Waals surface area (Å²) in [5.74, 6) is -0.920. The predicted octanol–water partition coefficient (Wildman–Crippen LogP) is 1.82. The van der Waals surface area contributed by atoms with Gasteiger partial charge in [-0.3, -0.25) is 4.79 Å². The summed E-state index contributed by atoms with van der Waals surface area (Å²) in [6, 6.07) is 8.23. The van der Waals surface area contributed by atoms with Gasteiger partial charge in [0.25, 0.3) is 0 Å². The van der Waals surface area contributed by atoms with Crippen LogP contribution in [0.3, 0.4) is 0 Å². The second-order valence-electron chi connectivity index (χ2n) is 4.57. The maximum Gasteiger partial charge on any atom is 0.243 e. The van der Waals surface area contributed by atoms with E-state index in [1.54, 1.807) is 0 Å². The highest BCUT2D eigenvalue weighted by Crippen LogP contribution is 2.14. The number of likely N-dealkylation sites (N-methyl/N-ethyl adjacent to an activating group) is 1. The summed E-state index contributed by atoms with van der Waals surface area (Å²) in [6.45, 7) is 0.0615. The molecule has 0 fully saturated rings. The van der Waals surface area contributed by atoms with Crippen molar-refractivity contribution in [3.63, 3.8) is 0 Å². The van der Waals surface area contributed by atoms with E-state index in [0.717, 1.165) is 21.3 Å². The third-order valence-corrected chi connectivity index (χ3v) is 5.62. The zero-order valence-corrected chi connectivity index (χ0v) is 13.5. The Morgan fingerprint density at radius 1 is 1.27 bits per heavy atom. The standard InChI is InChI=1S/C14H15FN2O3S2/c1-17(10-14(18)16-9-12-3-2-8-21-12)22(19,20)13-6-4-11(15)5-7-13/h2-8H,9-10H2,1H3,(H,16,18). The fourth-order valence-corrected chi connectivity index (χ4v) is 3.50. The van der Waals surface area contributed by atoms with Crippen molar-refractivity contribution in [2.45, 2.75) is 11.4 Å². The van der Waals surface area contributed by atoms with Crippen molar-refractivity contribution in [2.75, 3.05) is 13.6 Å². The lowest BCUT2D eigenvalue weighted by Crippen LogP contribution is -2.38. The lowest BCUT2D eigenvalue weighted by molar-refractivity contribution is -0.121. The molecule has 1 N–H and O–H groups in total. The third-order valence-electron chi connectivity index (χ3n) is 2.93. The molecule has 1 aromatic carbocycles. The van der Waals surface area contributed by atoms with E-state index in [2.05, 4.69) is 5.32 Å². The first-order valence-corrected chi connectivity index (χ1v) is 8.72. The minimum atomic E-state index is -3.81. The molecule has 0 spiro atoms. The van der Waals surface area contributed by atoms with Crippen LogP contribution in [0.1, 0.15) is 4.88 Å². The molecule has 1 amide bonds. The molecule has 5 nitrogen and oxygen atoms in total. The molecule has 22 heavy (non-hydrogen) atoms. The van der Waals surface area contributed by atoms with Gasteiger partial charge in [0.1, 0.15) is 5.82 Å². The SMILES string of the molecule is CN(CC(=O)NCc1cccs1)S(=O)(=O)c1ccc(F)cc1. The summed E-state index contributed by atoms with van der Waals surface area (Å²) in [6.07, 6.45) is 0. The molecule has 0 atom stereocenters. The molecule has 0 aliphatic carbocycles. The van der Waals surface area contributed by atoms with Crippen LogP contribution in [0, 0.1) is 5.82 Å². The van der Waals surface area contributed by atoms with Gasteiger partial charge in [-0.1, -0.05) is 6.07 Å². The predicted molar refractivity (Wildman–Crippen MR) is 82.4 cm³/mol. The van der Waals surface area contributed by atoms with Crippen molar-refractivity contribution >= 4 is 27.3 Å². The van der Waals surface area contributed by atoms with Crippen molar-refractivity contribution in [1.29, 1.82) is 0 Å². The van der Waals surface area contributed by atoms with Crippen LogP contribution >= 0.6 is 11.3 Å². The van der Waals surface area contributed by atoms with Gasteiger partial charge in [0.05, 0.1) is 18.0 Å². The van der Waals surface area contributed by atoms with Crippen LogP contribution < -0.4 is 5.32 Å². The first-order chi connectivity index (χ1) is 10.4. The Balaban J connectivity index is 1.96. The van der Waals surface area contributed by atoms with E-state index in [9.17, 15) is 17.6 Å². The van der Waals surface area contributed by atoms with Crippen LogP contribution in [0.5, 0.6) is 0 Å². The molecular formula is C14H15FN2O3S2. The van der Waals surface area contributed by atoms with Gasteiger partial charge in [0.15, 0.2) is 0 Å². The smallest absolute Gasteiger partial charge is 0.243 e. The Hall–Kier alpha value is -1.77. The Bertz CT molecular complexity index is 728. The first kappa shape index (κ1) is 16.6. The van der Waals surface area contributed by atoms with Crippen molar-refractivity contribution < 1.29 is 17.6 Å². The highest BCUT2D eigenvalue weighted by Gasteiger charge is 2.22. The van der Waals surface area contributed by atoms with Gasteiger partial charge in [-0.05, 0) is 35.7 Å². The Labute approximate surface area is 132 Å². The minimum Gasteiger partial charge on any atom is -0.350 e. The van der Waals surface area contributed by atoms with E-state index >= 15 is 0 Å². The van der Waals surface area contributed by atoms with Gasteiger partial charge in [0.2, 0.25) is 15.9 Å². The molecule has 0 radical (unpaired) electrons. The number of nitrogens with zero attached hydrogens (tertiary/aromatic N) is 1. The van der Waals surface area contributed by atoms with Crippen LogP contribution in [0.15, 0.2) is 46.7 Å². The average Bonchev–Trinajstić information content (AvgIpc) is 2.99. The Morgan fingerprint density at radius 3 is 2.55 bits per heavy atom. The largest absolute Gasteiger partial charge is 0.350 e. The number of carbonyl (C=O) groups is 1. The molecule has 2 aromatic rings. The monoisotopic (exact) mass is 342 g/mol. The second-order valence-corrected chi connectivity index (χ2v) is 7.65. The van der Waals surface area contributed by atoms with E-state index < -0.39 is 21.7 Å². The highest BCUT2D eigenvalue weighted by molar-refractivity contribution is 7.89. The van der Waals surface area contributed by atoms with Crippen molar-refractivity contribution in [3.8, 4) is 0 Å². The van der Waals surface area contributed by atoms with Gasteiger partial charge < -0.3 is 5.32 Å². The molecule has 118 valence electrons. The van der Waals surface area contributed by atoms with Crippen LogP contribution in [0.2, 0.25) is 0 Å². The zero-order valence-electron chi connectivity index (χ0n) is 11.8. The summed E-state index contributed by atoms with van der Waals surface area (Å²) < 4.78 is 38.3. The Morgan fingerprint density at radius 2 is 1.95 bits per heavy atom. The van der Waals surface area contributed by atoms with Crippen LogP contribution in [-0.2, 0) is 21.4 Å². The van der Waals surface area contributed by atoms with E-state index in [1.807, 2.05) is 17.5 Å². The molecule has 2 rings (SSSR count). The van der Waals surface area contributed by atoms with Crippen LogP contribution in [-0.4, -0.2) is 32.2 Å². The molecule has 0 saturated heterocycles. The average molecular weight is 342 g/mol. The normalized spacial score (nSPS) is 11.6. The van der Waals surface area contributed by atoms with Crippen LogP contribution in [0.4, 0.5) is 4.39 Å². The Kier molecular flexibility index (Phi) is 5.28. The highest BCUT2D eigenvalue weighted by atomic mass is 32.2. The minimum absolute atomic E-state index is 0.0533. The number of rotatable bonds is 6. The molecule has 1 aromatic heterocycles. The van der Waals surface area contributed by atoms with Gasteiger partial charge in [-0.15, -0.1) is 11.3 Å². The number of amides is 1. The number of carbonyl (C=O) groups excluding carboxylic acids is 1. The van der Waals surface area contributed by atoms with Gasteiger partial charge in [0, 0.05) is 11.9 Å². The number of nitrogens with one attached hydrogen (secondary N) is 1. The molecule has 1 heterocycles. The first-order valence-electron chi connectivity index (χ1n) is 6.40. The fourth-order valence-electron chi connectivity index (χ4n) is 1.73. The van der Waals surface area contributed by atoms with Crippen molar-refractivity contribution in [2.24, 2.45) is 0 Å². The van der Waals surface area contributed by atoms with Crippen molar-refractivity contribution in [1.82, 2.24) is 9.62 Å². The summed E-state index contributed by atoms with van der Waals surface area (Å²) in [7, 11) is -2.51. The third kappa shape index (κ3) is 4.12. The maximum absolute atomic E-state index is 12.8. The van der Waals surface area contributed by atoms with E-state index in [0.29, 0.717) is 6.54 Å². The maximum atomic E-state index is 12.8. The number of hydrogen-bond acceptors (Lipinski definition) is 4. The summed E-state index contributed by atoms with van der Waals surface area (Å²) in [5.41, 5.74) is 0. The fraction of sp³-hybridized carbons (Fsp3) is 0.214. The number of thiophene rings is 1. The number of hydrogen-bond donors (Lipinski definition) is 1. The van der Waals surface area contributed by atoms with E-state index in [4.69, 9.17) is 0 Å². The van der Waals surface area contributed by atoms with E-state index in [1.165, 1.54) is 30.5 Å². The number of halogens is 1. The lowest BCUT2D eigenvalue weighted by atomic mass is 10.4. The van der Waals surface area contributed by atoms with Crippen LogP contribution in [0.25, 0.3) is 0 Å². The molecule has 0 aliphatic heterocycles. The molecule has 0 aliphatic rings. The zero-order chi connectivity index (χ0) is 16.2. The summed E-state index contributed by atoms with van der Waals surface area (Å²) in [5, 5.41) is 4.55. The molecular weight excluding hydrogens is 327 g/mol. The second kappa shape index (κ2) is 6.99. The van der Waals surface area contributed by atoms with Gasteiger partial charge in [-0.2, -0.15) is 4.31 Å². The molecule has 8 heteroatoms. The summed E-state index contributed by atoms with van der Waals surface area (Å²) in [4.78, 5) is 12.7. The van der Waals surface area contributed by atoms with Gasteiger partial charge >= 0.3 is 0 Å². The molecule has 0 bridgehead atoms. The van der Waals surface area contributed by atoms with Gasteiger partial charge in [-0.25, -0.2) is 12.8 Å². The van der Waals surface area contributed by atoms with Crippen molar-refractivity contribution in [3.05, 3.63) is 52.5 Å². The van der Waals surface area contributed by atoms with E-state index in [-0.39, 0.29) is 11.4 Å². The quantitative estimate of drug-likeness (QED) is 0.871. The number of benzene rings is 1. The summed E-state index contributed by atoms with van der Waals surface area (Å²) >= 11 is 1.51. The molecule has 0 saturated carbocycles. The number of sulfonamides is 1.